The van der Waals surface area contributed by atoms with Crippen LogP contribution in [0.1, 0.15) is 25.0 Å². The second kappa shape index (κ2) is 4.75. The van der Waals surface area contributed by atoms with E-state index in [0.717, 1.165) is 25.0 Å². The molecule has 0 radical (unpaired) electrons. The van der Waals surface area contributed by atoms with Gasteiger partial charge in [-0.25, -0.2) is 9.97 Å². The largest absolute Gasteiger partial charge is 0.480 e. The first kappa shape index (κ1) is 10.6. The third kappa shape index (κ3) is 2.19. The minimum absolute atomic E-state index is 0.162. The van der Waals surface area contributed by atoms with Crippen molar-refractivity contribution in [1.29, 1.82) is 5.26 Å². The van der Waals surface area contributed by atoms with Crippen LogP contribution in [-0.4, -0.2) is 17.1 Å². The summed E-state index contributed by atoms with van der Waals surface area (Å²) in [7, 11) is 1.57. The first-order valence-electron chi connectivity index (χ1n) is 5.28. The van der Waals surface area contributed by atoms with Crippen molar-refractivity contribution < 1.29 is 4.74 Å². The Morgan fingerprint density at radius 2 is 2.31 bits per heavy atom. The smallest absolute Gasteiger partial charge is 0.232 e. The van der Waals surface area contributed by atoms with Crippen LogP contribution in [0.3, 0.4) is 0 Å². The van der Waals surface area contributed by atoms with Gasteiger partial charge in [-0.2, -0.15) is 5.26 Å². The topological polar surface area (TPSA) is 58.8 Å². The van der Waals surface area contributed by atoms with E-state index >= 15 is 0 Å². The van der Waals surface area contributed by atoms with Crippen molar-refractivity contribution in [3.8, 4) is 11.9 Å². The van der Waals surface area contributed by atoms with E-state index in [4.69, 9.17) is 10.00 Å². The van der Waals surface area contributed by atoms with Gasteiger partial charge in [0, 0.05) is 0 Å². The normalized spacial score (nSPS) is 19.8. The van der Waals surface area contributed by atoms with Crippen molar-refractivity contribution in [2.24, 2.45) is 5.92 Å². The van der Waals surface area contributed by atoms with Crippen LogP contribution in [0, 0.1) is 17.2 Å². The average molecular weight is 215 g/mol. The molecule has 0 saturated heterocycles. The van der Waals surface area contributed by atoms with Crippen LogP contribution in [0.5, 0.6) is 5.88 Å². The standard InChI is InChI=1S/C12H13N3O/c1-16-12-8-14-11(7-15-12)10-4-2-9(6-13)3-5-10/h4,7-9H,2-3,5H2,1H3/t9-/m1/s1. The number of nitriles is 1. The molecule has 1 aliphatic rings. The number of methoxy groups -OCH3 is 1. The monoisotopic (exact) mass is 215 g/mol. The summed E-state index contributed by atoms with van der Waals surface area (Å²) in [5.74, 6) is 0.685. The Kier molecular flexibility index (Phi) is 3.16. The lowest BCUT2D eigenvalue weighted by Crippen LogP contribution is -2.04. The second-order valence-corrected chi connectivity index (χ2v) is 3.77. The van der Waals surface area contributed by atoms with Gasteiger partial charge in [-0.1, -0.05) is 6.08 Å². The molecule has 0 spiro atoms. The lowest BCUT2D eigenvalue weighted by molar-refractivity contribution is 0.395. The summed E-state index contributed by atoms with van der Waals surface area (Å²) < 4.78 is 4.95. The van der Waals surface area contributed by atoms with Crippen LogP contribution in [0.2, 0.25) is 0 Å². The van der Waals surface area contributed by atoms with Gasteiger partial charge in [0.1, 0.15) is 0 Å². The molecular formula is C12H13N3O. The Bertz CT molecular complexity index is 431. The van der Waals surface area contributed by atoms with Crippen LogP contribution in [0.15, 0.2) is 18.5 Å². The molecule has 1 atom stereocenters. The molecule has 1 aromatic rings. The predicted molar refractivity (Wildman–Crippen MR) is 59.5 cm³/mol. The third-order valence-corrected chi connectivity index (χ3v) is 2.76. The van der Waals surface area contributed by atoms with E-state index in [2.05, 4.69) is 22.1 Å². The molecule has 1 aromatic heterocycles. The highest BCUT2D eigenvalue weighted by Gasteiger charge is 2.15. The molecule has 4 nitrogen and oxygen atoms in total. The lowest BCUT2D eigenvalue weighted by atomic mass is 9.89. The van der Waals surface area contributed by atoms with Crippen LogP contribution in [0.4, 0.5) is 0 Å². The second-order valence-electron chi connectivity index (χ2n) is 3.77. The van der Waals surface area contributed by atoms with Crippen molar-refractivity contribution in [2.75, 3.05) is 7.11 Å². The van der Waals surface area contributed by atoms with Gasteiger partial charge in [0.2, 0.25) is 5.88 Å². The quantitative estimate of drug-likeness (QED) is 0.758. The summed E-state index contributed by atoms with van der Waals surface area (Å²) in [4.78, 5) is 8.41. The Morgan fingerprint density at radius 1 is 1.44 bits per heavy atom. The van der Waals surface area contributed by atoms with E-state index in [9.17, 15) is 0 Å². The van der Waals surface area contributed by atoms with E-state index in [0.29, 0.717) is 5.88 Å². The van der Waals surface area contributed by atoms with Crippen molar-refractivity contribution >= 4 is 5.57 Å². The number of rotatable bonds is 2. The molecule has 0 fully saturated rings. The van der Waals surface area contributed by atoms with Crippen LogP contribution >= 0.6 is 0 Å². The summed E-state index contributed by atoms with van der Waals surface area (Å²) in [6.45, 7) is 0. The Hall–Kier alpha value is -1.89. The molecule has 4 heteroatoms. The zero-order chi connectivity index (χ0) is 11.4. The minimum Gasteiger partial charge on any atom is -0.480 e. The minimum atomic E-state index is 0.162. The number of ether oxygens (including phenoxy) is 1. The number of aromatic nitrogens is 2. The van der Waals surface area contributed by atoms with Gasteiger partial charge < -0.3 is 4.74 Å². The number of hydrogen-bond acceptors (Lipinski definition) is 4. The molecule has 0 unspecified atom stereocenters. The van der Waals surface area contributed by atoms with E-state index in [1.165, 1.54) is 5.57 Å². The van der Waals surface area contributed by atoms with E-state index in [1.54, 1.807) is 19.5 Å². The molecular weight excluding hydrogens is 202 g/mol. The molecule has 82 valence electrons. The lowest BCUT2D eigenvalue weighted by Gasteiger charge is -2.15. The Balaban J connectivity index is 2.13. The van der Waals surface area contributed by atoms with E-state index < -0.39 is 0 Å². The predicted octanol–water partition coefficient (Wildman–Crippen LogP) is 2.19. The fourth-order valence-corrected chi connectivity index (χ4v) is 1.77. The molecule has 0 amide bonds. The molecule has 0 saturated carbocycles. The summed E-state index contributed by atoms with van der Waals surface area (Å²) >= 11 is 0. The van der Waals surface area contributed by atoms with Gasteiger partial charge >= 0.3 is 0 Å². The summed E-state index contributed by atoms with van der Waals surface area (Å²) in [6, 6.07) is 2.29. The molecule has 0 aromatic carbocycles. The van der Waals surface area contributed by atoms with Crippen molar-refractivity contribution in [3.05, 3.63) is 24.2 Å². The van der Waals surface area contributed by atoms with Crippen molar-refractivity contribution in [3.63, 3.8) is 0 Å². The third-order valence-electron chi connectivity index (χ3n) is 2.76. The Labute approximate surface area is 94.6 Å². The van der Waals surface area contributed by atoms with Gasteiger partial charge in [0.05, 0.1) is 37.2 Å². The number of nitrogens with zero attached hydrogens (tertiary/aromatic N) is 3. The molecule has 1 heterocycles. The fraction of sp³-hybridized carbons (Fsp3) is 0.417. The zero-order valence-corrected chi connectivity index (χ0v) is 9.18. The average Bonchev–Trinajstić information content (AvgIpc) is 2.39. The first-order valence-corrected chi connectivity index (χ1v) is 5.28. The van der Waals surface area contributed by atoms with Gasteiger partial charge in [-0.05, 0) is 24.8 Å². The van der Waals surface area contributed by atoms with Crippen LogP contribution < -0.4 is 4.74 Å². The van der Waals surface area contributed by atoms with Crippen molar-refractivity contribution in [1.82, 2.24) is 9.97 Å². The molecule has 0 aliphatic heterocycles. The summed E-state index contributed by atoms with van der Waals surface area (Å²) in [5, 5.41) is 8.79. The molecule has 0 bridgehead atoms. The summed E-state index contributed by atoms with van der Waals surface area (Å²) in [5.41, 5.74) is 2.07. The first-order chi connectivity index (χ1) is 7.83. The summed E-state index contributed by atoms with van der Waals surface area (Å²) in [6.07, 6.45) is 8.06. The maximum atomic E-state index is 8.79. The molecule has 0 N–H and O–H groups in total. The van der Waals surface area contributed by atoms with Crippen LogP contribution in [-0.2, 0) is 0 Å². The van der Waals surface area contributed by atoms with E-state index in [-0.39, 0.29) is 5.92 Å². The molecule has 2 rings (SSSR count). The maximum absolute atomic E-state index is 8.79. The van der Waals surface area contributed by atoms with Gasteiger partial charge in [0.25, 0.3) is 0 Å². The number of hydrogen-bond donors (Lipinski definition) is 0. The van der Waals surface area contributed by atoms with Gasteiger partial charge in [-0.3, -0.25) is 0 Å². The SMILES string of the molecule is COc1cnc(C2=CC[C@@H](C#N)CC2)cn1. The van der Waals surface area contributed by atoms with Crippen molar-refractivity contribution in [2.45, 2.75) is 19.3 Å². The molecule has 16 heavy (non-hydrogen) atoms. The zero-order valence-electron chi connectivity index (χ0n) is 9.18. The Morgan fingerprint density at radius 3 is 2.81 bits per heavy atom. The van der Waals surface area contributed by atoms with Crippen LogP contribution in [0.25, 0.3) is 5.57 Å². The maximum Gasteiger partial charge on any atom is 0.232 e. The van der Waals surface area contributed by atoms with Gasteiger partial charge in [0.15, 0.2) is 0 Å². The highest BCUT2D eigenvalue weighted by Crippen LogP contribution is 2.28. The molecule has 1 aliphatic carbocycles. The highest BCUT2D eigenvalue weighted by atomic mass is 16.5. The number of allylic oxidation sites excluding steroid dienone is 2. The van der Waals surface area contributed by atoms with E-state index in [1.807, 2.05) is 0 Å². The fourth-order valence-electron chi connectivity index (χ4n) is 1.77. The van der Waals surface area contributed by atoms with Gasteiger partial charge in [-0.15, -0.1) is 0 Å². The highest BCUT2D eigenvalue weighted by molar-refractivity contribution is 5.62.